The van der Waals surface area contributed by atoms with Gasteiger partial charge in [-0.05, 0) is 18.2 Å². The van der Waals surface area contributed by atoms with Crippen LogP contribution >= 0.6 is 11.3 Å². The SMILES string of the molecule is COc1cccc(CN(C(=O)c2csc(-c3ccncc3)n2)S(C)(=O)=O)c1OC. The van der Waals surface area contributed by atoms with Crippen molar-refractivity contribution in [3.8, 4) is 22.1 Å². The Labute approximate surface area is 172 Å². The van der Waals surface area contributed by atoms with Crippen LogP contribution < -0.4 is 9.47 Å². The fourth-order valence-corrected chi connectivity index (χ4v) is 4.27. The van der Waals surface area contributed by atoms with Crippen LogP contribution in [0, 0.1) is 0 Å². The van der Waals surface area contributed by atoms with Crippen LogP contribution in [0.5, 0.6) is 11.5 Å². The molecule has 1 aromatic carbocycles. The highest BCUT2D eigenvalue weighted by Gasteiger charge is 2.28. The number of pyridine rings is 1. The van der Waals surface area contributed by atoms with Gasteiger partial charge in [-0.2, -0.15) is 0 Å². The summed E-state index contributed by atoms with van der Waals surface area (Å²) in [7, 11) is -0.931. The summed E-state index contributed by atoms with van der Waals surface area (Å²) in [4.78, 5) is 21.3. The number of sulfonamides is 1. The summed E-state index contributed by atoms with van der Waals surface area (Å²) < 4.78 is 36.1. The highest BCUT2D eigenvalue weighted by atomic mass is 32.2. The smallest absolute Gasteiger partial charge is 0.287 e. The van der Waals surface area contributed by atoms with E-state index in [1.807, 2.05) is 0 Å². The highest BCUT2D eigenvalue weighted by Crippen LogP contribution is 2.32. The summed E-state index contributed by atoms with van der Waals surface area (Å²) in [5.41, 5.74) is 1.34. The first kappa shape index (κ1) is 20.7. The molecule has 0 saturated heterocycles. The normalized spacial score (nSPS) is 11.1. The first-order valence-electron chi connectivity index (χ1n) is 8.43. The lowest BCUT2D eigenvalue weighted by Gasteiger charge is -2.21. The number of aromatic nitrogens is 2. The van der Waals surface area contributed by atoms with Crippen molar-refractivity contribution >= 4 is 27.3 Å². The van der Waals surface area contributed by atoms with Crippen molar-refractivity contribution in [1.29, 1.82) is 0 Å². The van der Waals surface area contributed by atoms with E-state index in [4.69, 9.17) is 9.47 Å². The summed E-state index contributed by atoms with van der Waals surface area (Å²) in [5, 5.41) is 2.14. The minimum absolute atomic E-state index is 0.0501. The molecule has 0 unspecified atom stereocenters. The topological polar surface area (TPSA) is 98.7 Å². The summed E-state index contributed by atoms with van der Waals surface area (Å²) in [6.07, 6.45) is 4.22. The highest BCUT2D eigenvalue weighted by molar-refractivity contribution is 7.88. The molecule has 0 fully saturated rings. The van der Waals surface area contributed by atoms with Gasteiger partial charge >= 0.3 is 0 Å². The molecule has 8 nitrogen and oxygen atoms in total. The molecule has 29 heavy (non-hydrogen) atoms. The van der Waals surface area contributed by atoms with Crippen molar-refractivity contribution in [1.82, 2.24) is 14.3 Å². The van der Waals surface area contributed by atoms with E-state index in [9.17, 15) is 13.2 Å². The maximum atomic E-state index is 13.0. The minimum atomic E-state index is -3.87. The van der Waals surface area contributed by atoms with Gasteiger partial charge in [-0.15, -0.1) is 11.3 Å². The van der Waals surface area contributed by atoms with Crippen molar-refractivity contribution in [2.24, 2.45) is 0 Å². The van der Waals surface area contributed by atoms with Crippen molar-refractivity contribution in [3.63, 3.8) is 0 Å². The largest absolute Gasteiger partial charge is 0.493 e. The number of carbonyl (C=O) groups excluding carboxylic acids is 1. The first-order valence-corrected chi connectivity index (χ1v) is 11.2. The number of amides is 1. The van der Waals surface area contributed by atoms with E-state index in [-0.39, 0.29) is 12.2 Å². The minimum Gasteiger partial charge on any atom is -0.493 e. The molecule has 0 saturated carbocycles. The van der Waals surface area contributed by atoms with Gasteiger partial charge < -0.3 is 9.47 Å². The van der Waals surface area contributed by atoms with Gasteiger partial charge in [0.1, 0.15) is 10.7 Å². The molecule has 3 aromatic rings. The van der Waals surface area contributed by atoms with Gasteiger partial charge in [0.15, 0.2) is 11.5 Å². The summed E-state index contributed by atoms with van der Waals surface area (Å²) >= 11 is 1.25. The van der Waals surface area contributed by atoms with Crippen molar-refractivity contribution in [3.05, 3.63) is 59.4 Å². The summed E-state index contributed by atoms with van der Waals surface area (Å²) in [5.74, 6) is 0.0978. The number of hydrogen-bond acceptors (Lipinski definition) is 8. The number of ether oxygens (including phenoxy) is 2. The lowest BCUT2D eigenvalue weighted by molar-refractivity contribution is 0.0850. The van der Waals surface area contributed by atoms with E-state index < -0.39 is 15.9 Å². The summed E-state index contributed by atoms with van der Waals surface area (Å²) in [6.45, 7) is -0.208. The Morgan fingerprint density at radius 2 is 1.86 bits per heavy atom. The molecule has 2 heterocycles. The Balaban J connectivity index is 1.95. The number of rotatable bonds is 7. The third-order valence-corrected chi connectivity index (χ3v) is 6.06. The molecule has 0 aliphatic heterocycles. The zero-order valence-corrected chi connectivity index (χ0v) is 17.7. The molecule has 3 rings (SSSR count). The lowest BCUT2D eigenvalue weighted by Crippen LogP contribution is -2.36. The van der Waals surface area contributed by atoms with E-state index in [1.54, 1.807) is 48.1 Å². The standard InChI is InChI=1S/C19H19N3O5S2/c1-26-16-6-4-5-14(17(16)27-2)11-22(29(3,24)25)19(23)15-12-28-18(21-15)13-7-9-20-10-8-13/h4-10,12H,11H2,1-3H3. The molecule has 0 radical (unpaired) electrons. The third kappa shape index (κ3) is 4.54. The maximum Gasteiger partial charge on any atom is 0.287 e. The third-order valence-electron chi connectivity index (χ3n) is 4.08. The van der Waals surface area contributed by atoms with Gasteiger partial charge in [-0.3, -0.25) is 9.78 Å². The van der Waals surface area contributed by atoms with Crippen LogP contribution in [0.4, 0.5) is 0 Å². The Morgan fingerprint density at radius 1 is 1.14 bits per heavy atom. The zero-order chi connectivity index (χ0) is 21.0. The van der Waals surface area contributed by atoms with Crippen LogP contribution in [0.1, 0.15) is 16.1 Å². The molecule has 0 N–H and O–H groups in total. The van der Waals surface area contributed by atoms with Crippen LogP contribution in [-0.4, -0.2) is 49.1 Å². The average molecular weight is 434 g/mol. The van der Waals surface area contributed by atoms with Gasteiger partial charge in [-0.1, -0.05) is 12.1 Å². The van der Waals surface area contributed by atoms with Gasteiger partial charge in [-0.25, -0.2) is 17.7 Å². The molecule has 152 valence electrons. The van der Waals surface area contributed by atoms with E-state index in [0.717, 1.165) is 16.1 Å². The Morgan fingerprint density at radius 3 is 2.48 bits per heavy atom. The van der Waals surface area contributed by atoms with E-state index in [2.05, 4.69) is 9.97 Å². The number of hydrogen-bond donors (Lipinski definition) is 0. The lowest BCUT2D eigenvalue weighted by atomic mass is 10.2. The fourth-order valence-electron chi connectivity index (χ4n) is 2.70. The second-order valence-electron chi connectivity index (χ2n) is 6.00. The first-order chi connectivity index (χ1) is 13.8. The molecule has 0 bridgehead atoms. The number of thiazole rings is 1. The molecule has 0 aliphatic carbocycles. The number of methoxy groups -OCH3 is 2. The molecule has 2 aromatic heterocycles. The van der Waals surface area contributed by atoms with E-state index >= 15 is 0 Å². The van der Waals surface area contributed by atoms with Crippen LogP contribution in [0.15, 0.2) is 48.1 Å². The molecule has 0 atom stereocenters. The van der Waals surface area contributed by atoms with Crippen LogP contribution in [-0.2, 0) is 16.6 Å². The Kier molecular flexibility index (Phi) is 6.14. The average Bonchev–Trinajstić information content (AvgIpc) is 3.21. The van der Waals surface area contributed by atoms with Crippen molar-refractivity contribution < 1.29 is 22.7 Å². The molecule has 0 aliphatic rings. The van der Waals surface area contributed by atoms with Crippen LogP contribution in [0.3, 0.4) is 0 Å². The van der Waals surface area contributed by atoms with E-state index in [0.29, 0.717) is 22.1 Å². The van der Waals surface area contributed by atoms with E-state index in [1.165, 1.54) is 25.6 Å². The molecule has 1 amide bonds. The van der Waals surface area contributed by atoms with Gasteiger partial charge in [0.05, 0.1) is 27.0 Å². The second kappa shape index (κ2) is 8.58. The monoisotopic (exact) mass is 433 g/mol. The Hall–Kier alpha value is -2.98. The predicted octanol–water partition coefficient (Wildman–Crippen LogP) is 2.82. The molecule has 0 spiro atoms. The quantitative estimate of drug-likeness (QED) is 0.565. The number of benzene rings is 1. The molecule has 10 heteroatoms. The van der Waals surface area contributed by atoms with Gasteiger partial charge in [0.2, 0.25) is 10.0 Å². The van der Waals surface area contributed by atoms with Gasteiger partial charge in [0.25, 0.3) is 5.91 Å². The summed E-state index contributed by atoms with van der Waals surface area (Å²) in [6, 6.07) is 8.60. The van der Waals surface area contributed by atoms with Crippen molar-refractivity contribution in [2.75, 3.05) is 20.5 Å². The number of carbonyl (C=O) groups is 1. The van der Waals surface area contributed by atoms with Crippen LogP contribution in [0.2, 0.25) is 0 Å². The number of nitrogens with zero attached hydrogens (tertiary/aromatic N) is 3. The van der Waals surface area contributed by atoms with Gasteiger partial charge in [0, 0.05) is 28.9 Å². The zero-order valence-electron chi connectivity index (χ0n) is 16.0. The van der Waals surface area contributed by atoms with Crippen molar-refractivity contribution in [2.45, 2.75) is 6.54 Å². The predicted molar refractivity (Wildman–Crippen MR) is 110 cm³/mol. The Bertz CT molecular complexity index is 1110. The molecular formula is C19H19N3O5S2. The second-order valence-corrected chi connectivity index (χ2v) is 8.77. The maximum absolute atomic E-state index is 13.0. The van der Waals surface area contributed by atoms with Crippen LogP contribution in [0.25, 0.3) is 10.6 Å². The number of para-hydroxylation sites is 1. The fraction of sp³-hybridized carbons (Fsp3) is 0.211. The molecular weight excluding hydrogens is 414 g/mol.